The standard InChI is InChI=1S/C7H8N4S/c1-2-7(8-10-11-9-7)6-4-3-5-12-6/h3-5H,2H2,1H3. The van der Waals surface area contributed by atoms with Crippen LogP contribution in [0.4, 0.5) is 0 Å². The van der Waals surface area contributed by atoms with E-state index in [4.69, 9.17) is 0 Å². The van der Waals surface area contributed by atoms with E-state index in [0.29, 0.717) is 0 Å². The van der Waals surface area contributed by atoms with Crippen LogP contribution in [0, 0.1) is 0 Å². The van der Waals surface area contributed by atoms with Gasteiger partial charge in [-0.15, -0.1) is 21.6 Å². The maximum atomic E-state index is 4.03. The third-order valence-electron chi connectivity index (χ3n) is 1.87. The van der Waals surface area contributed by atoms with Crippen LogP contribution in [0.25, 0.3) is 0 Å². The Morgan fingerprint density at radius 1 is 1.42 bits per heavy atom. The van der Waals surface area contributed by atoms with Gasteiger partial charge in [-0.1, -0.05) is 13.0 Å². The highest BCUT2D eigenvalue weighted by molar-refractivity contribution is 7.10. The molecule has 62 valence electrons. The lowest BCUT2D eigenvalue weighted by Crippen LogP contribution is -2.14. The first kappa shape index (κ1) is 7.54. The summed E-state index contributed by atoms with van der Waals surface area (Å²) in [6.45, 7) is 2.03. The van der Waals surface area contributed by atoms with E-state index in [0.717, 1.165) is 11.3 Å². The quantitative estimate of drug-likeness (QED) is 0.671. The van der Waals surface area contributed by atoms with Gasteiger partial charge >= 0.3 is 0 Å². The molecule has 5 heteroatoms. The topological polar surface area (TPSA) is 49.4 Å². The summed E-state index contributed by atoms with van der Waals surface area (Å²) < 4.78 is 0. The summed E-state index contributed by atoms with van der Waals surface area (Å²) >= 11 is 1.64. The fraction of sp³-hybridized carbons (Fsp3) is 0.429. The number of hydrogen-bond donors (Lipinski definition) is 0. The molecule has 0 saturated carbocycles. The molecule has 0 amide bonds. The minimum absolute atomic E-state index is 0.506. The largest absolute Gasteiger partial charge is 0.228 e. The lowest BCUT2D eigenvalue weighted by atomic mass is 10.1. The van der Waals surface area contributed by atoms with Crippen LogP contribution in [0.2, 0.25) is 0 Å². The highest BCUT2D eigenvalue weighted by Gasteiger charge is 2.34. The third-order valence-corrected chi connectivity index (χ3v) is 2.88. The molecule has 0 aliphatic carbocycles. The van der Waals surface area contributed by atoms with Crippen molar-refractivity contribution in [2.45, 2.75) is 19.0 Å². The Morgan fingerprint density at radius 3 is 2.67 bits per heavy atom. The molecular weight excluding hydrogens is 172 g/mol. The third kappa shape index (κ3) is 0.972. The van der Waals surface area contributed by atoms with Crippen molar-refractivity contribution in [2.24, 2.45) is 20.7 Å². The van der Waals surface area contributed by atoms with Gasteiger partial charge in [-0.05, 0) is 28.3 Å². The lowest BCUT2D eigenvalue weighted by Gasteiger charge is -2.14. The van der Waals surface area contributed by atoms with Crippen molar-refractivity contribution in [1.29, 1.82) is 0 Å². The Balaban J connectivity index is 2.42. The van der Waals surface area contributed by atoms with Crippen molar-refractivity contribution in [2.75, 3.05) is 0 Å². The molecule has 1 aliphatic heterocycles. The number of thiophene rings is 1. The first-order chi connectivity index (χ1) is 5.87. The van der Waals surface area contributed by atoms with Crippen molar-refractivity contribution < 1.29 is 0 Å². The zero-order chi connectivity index (χ0) is 8.44. The molecule has 0 unspecified atom stereocenters. The van der Waals surface area contributed by atoms with Crippen molar-refractivity contribution in [3.8, 4) is 0 Å². The molecule has 4 nitrogen and oxygen atoms in total. The maximum absolute atomic E-state index is 4.03. The molecule has 0 N–H and O–H groups in total. The van der Waals surface area contributed by atoms with Crippen LogP contribution >= 0.6 is 11.3 Å². The summed E-state index contributed by atoms with van der Waals surface area (Å²) in [5.74, 6) is 0. The molecule has 0 aromatic carbocycles. The number of hydrogen-bond acceptors (Lipinski definition) is 5. The monoisotopic (exact) mass is 180 g/mol. The molecular formula is C7H8N4S. The minimum Gasteiger partial charge on any atom is -0.144 e. The fourth-order valence-corrected chi connectivity index (χ4v) is 2.00. The average molecular weight is 180 g/mol. The Kier molecular flexibility index (Phi) is 1.73. The Hall–Kier alpha value is -1.10. The second kappa shape index (κ2) is 2.75. The molecule has 2 rings (SSSR count). The number of rotatable bonds is 2. The molecule has 1 aromatic rings. The second-order valence-electron chi connectivity index (χ2n) is 2.53. The smallest absolute Gasteiger partial charge is 0.144 e. The molecule has 0 saturated heterocycles. The van der Waals surface area contributed by atoms with Crippen LogP contribution in [0.15, 0.2) is 38.2 Å². The van der Waals surface area contributed by atoms with Crippen molar-refractivity contribution in [1.82, 2.24) is 0 Å². The van der Waals surface area contributed by atoms with E-state index in [1.54, 1.807) is 11.3 Å². The van der Waals surface area contributed by atoms with Gasteiger partial charge in [0.05, 0.1) is 4.88 Å². The molecule has 0 fully saturated rings. The van der Waals surface area contributed by atoms with E-state index >= 15 is 0 Å². The molecule has 1 aromatic heterocycles. The first-order valence-electron chi connectivity index (χ1n) is 3.75. The molecule has 2 heterocycles. The van der Waals surface area contributed by atoms with Crippen molar-refractivity contribution in [3.63, 3.8) is 0 Å². The highest BCUT2D eigenvalue weighted by atomic mass is 32.1. The van der Waals surface area contributed by atoms with Crippen LogP contribution in [-0.4, -0.2) is 0 Å². The Labute approximate surface area is 74.0 Å². The second-order valence-corrected chi connectivity index (χ2v) is 3.47. The van der Waals surface area contributed by atoms with Crippen LogP contribution in [0.5, 0.6) is 0 Å². The minimum atomic E-state index is -0.506. The molecule has 0 bridgehead atoms. The molecule has 0 radical (unpaired) electrons. The van der Waals surface area contributed by atoms with E-state index in [1.807, 2.05) is 24.4 Å². The van der Waals surface area contributed by atoms with Gasteiger partial charge in [-0.3, -0.25) is 0 Å². The predicted octanol–water partition coefficient (Wildman–Crippen LogP) is 3.14. The molecule has 12 heavy (non-hydrogen) atoms. The highest BCUT2D eigenvalue weighted by Crippen LogP contribution is 2.37. The summed E-state index contributed by atoms with van der Waals surface area (Å²) in [4.78, 5) is 1.11. The van der Waals surface area contributed by atoms with Gasteiger partial charge in [0.2, 0.25) is 5.66 Å². The molecule has 1 aliphatic rings. The average Bonchev–Trinajstić information content (AvgIpc) is 2.76. The molecule has 0 atom stereocenters. The normalized spacial score (nSPS) is 18.8. The van der Waals surface area contributed by atoms with Gasteiger partial charge in [0.15, 0.2) is 0 Å². The van der Waals surface area contributed by atoms with Gasteiger partial charge in [0.1, 0.15) is 0 Å². The van der Waals surface area contributed by atoms with Crippen molar-refractivity contribution >= 4 is 11.3 Å². The van der Waals surface area contributed by atoms with Gasteiger partial charge in [-0.2, -0.15) is 0 Å². The van der Waals surface area contributed by atoms with Crippen molar-refractivity contribution in [3.05, 3.63) is 22.4 Å². The van der Waals surface area contributed by atoms with Crippen LogP contribution in [-0.2, 0) is 5.66 Å². The molecule has 0 spiro atoms. The van der Waals surface area contributed by atoms with E-state index in [9.17, 15) is 0 Å². The van der Waals surface area contributed by atoms with Crippen LogP contribution < -0.4 is 0 Å². The van der Waals surface area contributed by atoms with E-state index in [1.165, 1.54) is 0 Å². The zero-order valence-corrected chi connectivity index (χ0v) is 7.45. The first-order valence-corrected chi connectivity index (χ1v) is 4.63. The lowest BCUT2D eigenvalue weighted by molar-refractivity contribution is 0.457. The zero-order valence-electron chi connectivity index (χ0n) is 6.64. The van der Waals surface area contributed by atoms with Gasteiger partial charge in [0.25, 0.3) is 0 Å². The Morgan fingerprint density at radius 2 is 2.17 bits per heavy atom. The van der Waals surface area contributed by atoms with Gasteiger partial charge < -0.3 is 0 Å². The van der Waals surface area contributed by atoms with Gasteiger partial charge in [-0.25, -0.2) is 0 Å². The summed E-state index contributed by atoms with van der Waals surface area (Å²) in [5.41, 5.74) is -0.506. The maximum Gasteiger partial charge on any atom is 0.228 e. The Bertz CT molecular complexity index is 302. The number of nitrogens with zero attached hydrogens (tertiary/aromatic N) is 4. The van der Waals surface area contributed by atoms with E-state index in [-0.39, 0.29) is 0 Å². The van der Waals surface area contributed by atoms with Crippen LogP contribution in [0.3, 0.4) is 0 Å². The predicted molar refractivity (Wildman–Crippen MR) is 46.0 cm³/mol. The SMILES string of the molecule is CCC1(c2cccs2)N=NN=N1. The van der Waals surface area contributed by atoms with E-state index < -0.39 is 5.66 Å². The van der Waals surface area contributed by atoms with Crippen LogP contribution in [0.1, 0.15) is 18.2 Å². The van der Waals surface area contributed by atoms with Gasteiger partial charge in [0, 0.05) is 0 Å². The summed E-state index contributed by atoms with van der Waals surface area (Å²) in [5, 5.41) is 17.2. The summed E-state index contributed by atoms with van der Waals surface area (Å²) in [6, 6.07) is 4.00. The fourth-order valence-electron chi connectivity index (χ4n) is 1.13. The summed E-state index contributed by atoms with van der Waals surface area (Å²) in [6.07, 6.45) is 0.806. The van der Waals surface area contributed by atoms with E-state index in [2.05, 4.69) is 20.7 Å². The summed E-state index contributed by atoms with van der Waals surface area (Å²) in [7, 11) is 0.